The topological polar surface area (TPSA) is 58.6 Å². The zero-order chi connectivity index (χ0) is 8.69. The van der Waals surface area contributed by atoms with Crippen LogP contribution in [0, 0.1) is 0 Å². The van der Waals surface area contributed by atoms with Crippen LogP contribution in [0.15, 0.2) is 0 Å². The van der Waals surface area contributed by atoms with Crippen LogP contribution in [-0.4, -0.2) is 17.3 Å². The number of hydrogen-bond acceptors (Lipinski definition) is 2. The van der Waals surface area contributed by atoms with E-state index in [0.717, 1.165) is 19.3 Å². The molecule has 1 unspecified atom stereocenters. The first-order valence-electron chi connectivity index (χ1n) is 3.85. The summed E-state index contributed by atoms with van der Waals surface area (Å²) >= 11 is 0. The molecule has 1 amide bonds. The highest BCUT2D eigenvalue weighted by Gasteiger charge is 2.06. The van der Waals surface area contributed by atoms with Gasteiger partial charge in [-0.1, -0.05) is 20.3 Å². The Kier molecular flexibility index (Phi) is 5.56. The highest BCUT2D eigenvalue weighted by molar-refractivity contribution is 5.62. The summed E-state index contributed by atoms with van der Waals surface area (Å²) in [6, 6.07) is 0. The Balaban J connectivity index is 3.43. The second-order valence-corrected chi connectivity index (χ2v) is 2.34. The van der Waals surface area contributed by atoms with Crippen molar-refractivity contribution in [3.63, 3.8) is 0 Å². The SMILES string of the molecule is CCCC(CC)ONC(=O)O. The molecule has 0 aliphatic rings. The summed E-state index contributed by atoms with van der Waals surface area (Å²) < 4.78 is 0. The Morgan fingerprint density at radius 1 is 1.64 bits per heavy atom. The third-order valence-corrected chi connectivity index (χ3v) is 1.38. The Morgan fingerprint density at radius 2 is 2.27 bits per heavy atom. The van der Waals surface area contributed by atoms with E-state index in [0.29, 0.717) is 0 Å². The average molecular weight is 161 g/mol. The lowest BCUT2D eigenvalue weighted by molar-refractivity contribution is -0.0216. The van der Waals surface area contributed by atoms with E-state index >= 15 is 0 Å². The molecular weight excluding hydrogens is 146 g/mol. The number of carboxylic acid groups (broad SMARTS) is 1. The van der Waals surface area contributed by atoms with E-state index in [1.807, 2.05) is 19.3 Å². The lowest BCUT2D eigenvalue weighted by atomic mass is 10.2. The normalized spacial score (nSPS) is 12.5. The number of hydroxylamine groups is 1. The molecule has 4 nitrogen and oxygen atoms in total. The van der Waals surface area contributed by atoms with Gasteiger partial charge in [-0.2, -0.15) is 5.48 Å². The fourth-order valence-corrected chi connectivity index (χ4v) is 0.802. The molecule has 66 valence electrons. The van der Waals surface area contributed by atoms with E-state index in [9.17, 15) is 4.79 Å². The third-order valence-electron chi connectivity index (χ3n) is 1.38. The van der Waals surface area contributed by atoms with Crippen molar-refractivity contribution in [2.45, 2.75) is 39.2 Å². The minimum atomic E-state index is -1.14. The molecule has 0 spiro atoms. The summed E-state index contributed by atoms with van der Waals surface area (Å²) in [6.07, 6.45) is 1.58. The molecule has 0 aliphatic carbocycles. The minimum Gasteiger partial charge on any atom is -0.464 e. The molecule has 2 N–H and O–H groups in total. The van der Waals surface area contributed by atoms with Crippen LogP contribution in [0.4, 0.5) is 4.79 Å². The summed E-state index contributed by atoms with van der Waals surface area (Å²) in [7, 11) is 0. The maximum atomic E-state index is 9.99. The van der Waals surface area contributed by atoms with Crippen LogP contribution in [-0.2, 0) is 4.84 Å². The zero-order valence-electron chi connectivity index (χ0n) is 6.96. The zero-order valence-corrected chi connectivity index (χ0v) is 6.96. The first-order valence-corrected chi connectivity index (χ1v) is 3.85. The van der Waals surface area contributed by atoms with Gasteiger partial charge in [0.1, 0.15) is 0 Å². The van der Waals surface area contributed by atoms with Crippen LogP contribution in [0.25, 0.3) is 0 Å². The lowest BCUT2D eigenvalue weighted by Crippen LogP contribution is -2.27. The van der Waals surface area contributed by atoms with Gasteiger partial charge in [-0.3, -0.25) is 4.84 Å². The van der Waals surface area contributed by atoms with Crippen molar-refractivity contribution >= 4 is 6.09 Å². The number of rotatable bonds is 5. The Bertz CT molecular complexity index is 116. The van der Waals surface area contributed by atoms with Crippen LogP contribution in [0.3, 0.4) is 0 Å². The van der Waals surface area contributed by atoms with Gasteiger partial charge in [0.2, 0.25) is 0 Å². The maximum absolute atomic E-state index is 9.99. The molecule has 0 heterocycles. The molecule has 0 aromatic carbocycles. The van der Waals surface area contributed by atoms with Crippen molar-refractivity contribution in [1.82, 2.24) is 5.48 Å². The van der Waals surface area contributed by atoms with Gasteiger partial charge < -0.3 is 5.11 Å². The molecule has 0 rings (SSSR count). The molecule has 0 fully saturated rings. The highest BCUT2D eigenvalue weighted by Crippen LogP contribution is 2.03. The predicted molar refractivity (Wildman–Crippen MR) is 41.2 cm³/mol. The van der Waals surface area contributed by atoms with Gasteiger partial charge in [0.25, 0.3) is 0 Å². The highest BCUT2D eigenvalue weighted by atomic mass is 16.7. The number of carbonyl (C=O) groups is 1. The molecule has 0 aromatic rings. The molecule has 0 aliphatic heterocycles. The molecule has 1 atom stereocenters. The molecule has 0 saturated heterocycles. The van der Waals surface area contributed by atoms with Gasteiger partial charge in [-0.05, 0) is 12.8 Å². The fraction of sp³-hybridized carbons (Fsp3) is 0.857. The first kappa shape index (κ1) is 10.2. The van der Waals surface area contributed by atoms with Crippen molar-refractivity contribution in [1.29, 1.82) is 0 Å². The van der Waals surface area contributed by atoms with E-state index < -0.39 is 6.09 Å². The van der Waals surface area contributed by atoms with E-state index in [2.05, 4.69) is 0 Å². The minimum absolute atomic E-state index is 0.0103. The largest absolute Gasteiger partial charge is 0.464 e. The molecule has 4 heteroatoms. The molecule has 0 saturated carbocycles. The Morgan fingerprint density at radius 3 is 2.64 bits per heavy atom. The third kappa shape index (κ3) is 5.66. The molecule has 0 bridgehead atoms. The predicted octanol–water partition coefficient (Wildman–Crippen LogP) is 1.76. The summed E-state index contributed by atoms with van der Waals surface area (Å²) in [5, 5.41) is 8.19. The fourth-order valence-electron chi connectivity index (χ4n) is 0.802. The molecule has 11 heavy (non-hydrogen) atoms. The van der Waals surface area contributed by atoms with Crippen molar-refractivity contribution in [2.75, 3.05) is 0 Å². The summed E-state index contributed by atoms with van der Waals surface area (Å²) in [6.45, 7) is 4.00. The van der Waals surface area contributed by atoms with E-state index in [4.69, 9.17) is 9.94 Å². The summed E-state index contributed by atoms with van der Waals surface area (Å²) in [4.78, 5) is 14.8. The lowest BCUT2D eigenvalue weighted by Gasteiger charge is -2.12. The number of nitrogens with one attached hydrogen (secondary N) is 1. The van der Waals surface area contributed by atoms with Crippen molar-refractivity contribution in [3.05, 3.63) is 0 Å². The van der Waals surface area contributed by atoms with Gasteiger partial charge in [0.15, 0.2) is 0 Å². The molecular formula is C7H15NO3. The van der Waals surface area contributed by atoms with E-state index in [1.165, 1.54) is 0 Å². The number of hydrogen-bond donors (Lipinski definition) is 2. The van der Waals surface area contributed by atoms with Gasteiger partial charge in [0.05, 0.1) is 6.10 Å². The van der Waals surface area contributed by atoms with E-state index in [-0.39, 0.29) is 6.10 Å². The maximum Gasteiger partial charge on any atom is 0.428 e. The van der Waals surface area contributed by atoms with Crippen molar-refractivity contribution in [2.24, 2.45) is 0 Å². The van der Waals surface area contributed by atoms with Gasteiger partial charge in [-0.25, -0.2) is 4.79 Å². The standard InChI is InChI=1S/C7H15NO3/c1-3-5-6(4-2)11-8-7(9)10/h6,8H,3-5H2,1-2H3,(H,9,10). The summed E-state index contributed by atoms with van der Waals surface area (Å²) in [5.41, 5.74) is 1.90. The second kappa shape index (κ2) is 5.97. The quantitative estimate of drug-likeness (QED) is 0.604. The van der Waals surface area contributed by atoms with Crippen molar-refractivity contribution in [3.8, 4) is 0 Å². The second-order valence-electron chi connectivity index (χ2n) is 2.34. The Hall–Kier alpha value is -0.770. The Labute approximate surface area is 66.5 Å². The van der Waals surface area contributed by atoms with Crippen LogP contribution in [0.2, 0.25) is 0 Å². The van der Waals surface area contributed by atoms with Crippen molar-refractivity contribution < 1.29 is 14.7 Å². The molecule has 0 radical (unpaired) electrons. The van der Waals surface area contributed by atoms with Crippen LogP contribution in [0.5, 0.6) is 0 Å². The molecule has 0 aromatic heterocycles. The van der Waals surface area contributed by atoms with Crippen LogP contribution >= 0.6 is 0 Å². The smallest absolute Gasteiger partial charge is 0.428 e. The van der Waals surface area contributed by atoms with Crippen LogP contribution in [0.1, 0.15) is 33.1 Å². The van der Waals surface area contributed by atoms with Gasteiger partial charge >= 0.3 is 6.09 Å². The average Bonchev–Trinajstić information content (AvgIpc) is 1.97. The summed E-state index contributed by atoms with van der Waals surface area (Å²) in [5.74, 6) is 0. The number of amides is 1. The first-order chi connectivity index (χ1) is 5.20. The van der Waals surface area contributed by atoms with Crippen LogP contribution < -0.4 is 5.48 Å². The van der Waals surface area contributed by atoms with E-state index in [1.54, 1.807) is 0 Å². The van der Waals surface area contributed by atoms with Gasteiger partial charge in [-0.15, -0.1) is 0 Å². The monoisotopic (exact) mass is 161 g/mol. The van der Waals surface area contributed by atoms with Gasteiger partial charge in [0, 0.05) is 0 Å².